The lowest BCUT2D eigenvalue weighted by atomic mass is 10.1. The van der Waals surface area contributed by atoms with Crippen molar-refractivity contribution in [2.75, 3.05) is 6.54 Å². The van der Waals surface area contributed by atoms with Crippen LogP contribution in [0.25, 0.3) is 17.0 Å². The predicted molar refractivity (Wildman–Crippen MR) is 93.9 cm³/mol. The first-order valence-electron chi connectivity index (χ1n) is 6.87. The lowest BCUT2D eigenvalue weighted by Gasteiger charge is -2.12. The number of amides is 1. The van der Waals surface area contributed by atoms with E-state index in [1.54, 1.807) is 12.3 Å². The molecule has 5 nitrogen and oxygen atoms in total. The van der Waals surface area contributed by atoms with E-state index in [0.717, 1.165) is 16.5 Å². The SMILES string of the molecule is O=C(O)CCN1C(=O)C(=Cc2cccc3cccnc23)SC1=S. The minimum atomic E-state index is -0.957. The number of carboxylic acid groups (broad SMARTS) is 1. The summed E-state index contributed by atoms with van der Waals surface area (Å²) in [5.41, 5.74) is 1.65. The minimum absolute atomic E-state index is 0.0884. The Kier molecular flexibility index (Phi) is 4.40. The molecule has 1 saturated heterocycles. The van der Waals surface area contributed by atoms with Gasteiger partial charge in [-0.2, -0.15) is 0 Å². The molecule has 1 aromatic carbocycles. The number of aromatic nitrogens is 1. The number of hydrogen-bond donors (Lipinski definition) is 1. The van der Waals surface area contributed by atoms with Crippen molar-refractivity contribution < 1.29 is 14.7 Å². The summed E-state index contributed by atoms with van der Waals surface area (Å²) in [5.74, 6) is -1.21. The van der Waals surface area contributed by atoms with Gasteiger partial charge in [0.15, 0.2) is 0 Å². The Hall–Kier alpha value is -2.25. The average Bonchev–Trinajstić information content (AvgIpc) is 2.79. The highest BCUT2D eigenvalue weighted by Crippen LogP contribution is 2.33. The van der Waals surface area contributed by atoms with Gasteiger partial charge in [0, 0.05) is 23.7 Å². The van der Waals surface area contributed by atoms with Gasteiger partial charge in [-0.15, -0.1) is 0 Å². The molecular weight excluding hydrogens is 332 g/mol. The van der Waals surface area contributed by atoms with E-state index in [4.69, 9.17) is 17.3 Å². The van der Waals surface area contributed by atoms with E-state index in [9.17, 15) is 9.59 Å². The summed E-state index contributed by atoms with van der Waals surface area (Å²) in [7, 11) is 0. The number of aliphatic carboxylic acids is 1. The number of nitrogens with zero attached hydrogens (tertiary/aromatic N) is 2. The van der Waals surface area contributed by atoms with Crippen LogP contribution in [0.1, 0.15) is 12.0 Å². The number of thiocarbonyl (C=S) groups is 1. The van der Waals surface area contributed by atoms with Crippen molar-refractivity contribution in [3.8, 4) is 0 Å². The highest BCUT2D eigenvalue weighted by atomic mass is 32.2. The van der Waals surface area contributed by atoms with Gasteiger partial charge in [-0.25, -0.2) is 0 Å². The molecule has 0 atom stereocenters. The van der Waals surface area contributed by atoms with Gasteiger partial charge in [-0.1, -0.05) is 48.2 Å². The number of fused-ring (bicyclic) bond motifs is 1. The second-order valence-electron chi connectivity index (χ2n) is 4.90. The fraction of sp³-hybridized carbons (Fsp3) is 0.125. The number of hydrogen-bond acceptors (Lipinski definition) is 5. The first-order valence-corrected chi connectivity index (χ1v) is 8.09. The second-order valence-corrected chi connectivity index (χ2v) is 6.58. The molecule has 1 amide bonds. The number of para-hydroxylation sites is 1. The third kappa shape index (κ3) is 3.25. The molecule has 7 heteroatoms. The van der Waals surface area contributed by atoms with Crippen LogP contribution in [0.5, 0.6) is 0 Å². The van der Waals surface area contributed by atoms with Gasteiger partial charge in [-0.3, -0.25) is 19.5 Å². The maximum Gasteiger partial charge on any atom is 0.305 e. The molecule has 23 heavy (non-hydrogen) atoms. The van der Waals surface area contributed by atoms with E-state index in [-0.39, 0.29) is 18.9 Å². The van der Waals surface area contributed by atoms with Crippen molar-refractivity contribution in [1.82, 2.24) is 9.88 Å². The lowest BCUT2D eigenvalue weighted by molar-refractivity contribution is -0.137. The number of rotatable bonds is 4. The quantitative estimate of drug-likeness (QED) is 0.679. The highest BCUT2D eigenvalue weighted by Gasteiger charge is 2.32. The number of benzene rings is 1. The van der Waals surface area contributed by atoms with Crippen molar-refractivity contribution in [1.29, 1.82) is 0 Å². The molecule has 0 spiro atoms. The normalized spacial score (nSPS) is 16.5. The van der Waals surface area contributed by atoms with Gasteiger partial charge < -0.3 is 5.11 Å². The molecule has 116 valence electrons. The zero-order chi connectivity index (χ0) is 16.4. The lowest BCUT2D eigenvalue weighted by Crippen LogP contribution is -2.30. The van der Waals surface area contributed by atoms with Crippen LogP contribution in [0.4, 0.5) is 0 Å². The fourth-order valence-electron chi connectivity index (χ4n) is 2.29. The smallest absolute Gasteiger partial charge is 0.305 e. The Morgan fingerprint density at radius 1 is 1.35 bits per heavy atom. The van der Waals surface area contributed by atoms with E-state index in [0.29, 0.717) is 9.23 Å². The molecule has 0 unspecified atom stereocenters. The zero-order valence-corrected chi connectivity index (χ0v) is 13.6. The second kappa shape index (κ2) is 6.47. The predicted octanol–water partition coefficient (Wildman–Crippen LogP) is 2.91. The van der Waals surface area contributed by atoms with Crippen LogP contribution in [0.15, 0.2) is 41.4 Å². The van der Waals surface area contributed by atoms with E-state index < -0.39 is 5.97 Å². The Bertz CT molecular complexity index is 843. The van der Waals surface area contributed by atoms with Crippen molar-refractivity contribution in [2.24, 2.45) is 0 Å². The van der Waals surface area contributed by atoms with Gasteiger partial charge in [0.2, 0.25) is 0 Å². The van der Waals surface area contributed by atoms with Crippen LogP contribution in [-0.2, 0) is 9.59 Å². The summed E-state index contributed by atoms with van der Waals surface area (Å²) in [5, 5.41) is 9.74. The van der Waals surface area contributed by atoms with Crippen molar-refractivity contribution >= 4 is 57.2 Å². The Morgan fingerprint density at radius 3 is 2.91 bits per heavy atom. The number of carboxylic acids is 1. The first-order chi connectivity index (χ1) is 11.1. The van der Waals surface area contributed by atoms with Crippen LogP contribution < -0.4 is 0 Å². The molecule has 1 fully saturated rings. The van der Waals surface area contributed by atoms with Gasteiger partial charge >= 0.3 is 5.97 Å². The first kappa shape index (κ1) is 15.6. The van der Waals surface area contributed by atoms with Gasteiger partial charge in [0.05, 0.1) is 16.8 Å². The maximum absolute atomic E-state index is 12.4. The maximum atomic E-state index is 12.4. The Morgan fingerprint density at radius 2 is 2.13 bits per heavy atom. The molecule has 2 aromatic rings. The minimum Gasteiger partial charge on any atom is -0.481 e. The topological polar surface area (TPSA) is 70.5 Å². The van der Waals surface area contributed by atoms with Crippen LogP contribution >= 0.6 is 24.0 Å². The van der Waals surface area contributed by atoms with Gasteiger partial charge in [0.1, 0.15) is 4.32 Å². The summed E-state index contributed by atoms with van der Waals surface area (Å²) in [4.78, 5) is 29.3. The van der Waals surface area contributed by atoms with Gasteiger partial charge in [0.25, 0.3) is 5.91 Å². The average molecular weight is 344 g/mol. The summed E-state index contributed by atoms with van der Waals surface area (Å²) in [6.07, 6.45) is 3.34. The Labute approximate surface area is 142 Å². The van der Waals surface area contributed by atoms with Crippen LogP contribution in [0.3, 0.4) is 0 Å². The summed E-state index contributed by atoms with van der Waals surface area (Å²) in [6, 6.07) is 9.56. The zero-order valence-electron chi connectivity index (χ0n) is 11.9. The van der Waals surface area contributed by atoms with Crippen molar-refractivity contribution in [3.63, 3.8) is 0 Å². The molecule has 0 saturated carbocycles. The number of carbonyl (C=O) groups excluding carboxylic acids is 1. The molecule has 0 bridgehead atoms. The summed E-state index contributed by atoms with van der Waals surface area (Å²) < 4.78 is 0.385. The molecule has 3 rings (SSSR count). The molecule has 1 aromatic heterocycles. The van der Waals surface area contributed by atoms with E-state index >= 15 is 0 Å². The van der Waals surface area contributed by atoms with Crippen LogP contribution in [0.2, 0.25) is 0 Å². The monoisotopic (exact) mass is 344 g/mol. The fourth-order valence-corrected chi connectivity index (χ4v) is 3.59. The Balaban J connectivity index is 1.92. The molecule has 0 radical (unpaired) electrons. The molecule has 1 N–H and O–H groups in total. The van der Waals surface area contributed by atoms with Crippen molar-refractivity contribution in [3.05, 3.63) is 47.0 Å². The largest absolute Gasteiger partial charge is 0.481 e. The number of thioether (sulfide) groups is 1. The van der Waals surface area contributed by atoms with Crippen LogP contribution in [-0.4, -0.2) is 37.7 Å². The third-order valence-corrected chi connectivity index (χ3v) is 4.75. The van der Waals surface area contributed by atoms with Gasteiger partial charge in [-0.05, 0) is 12.1 Å². The summed E-state index contributed by atoms with van der Waals surface area (Å²) in [6.45, 7) is 0.0884. The third-order valence-electron chi connectivity index (χ3n) is 3.37. The highest BCUT2D eigenvalue weighted by molar-refractivity contribution is 8.26. The van der Waals surface area contributed by atoms with Crippen LogP contribution in [0, 0.1) is 0 Å². The molecular formula is C16H12N2O3S2. The van der Waals surface area contributed by atoms with Crippen molar-refractivity contribution in [2.45, 2.75) is 6.42 Å². The molecule has 1 aliphatic rings. The van der Waals surface area contributed by atoms with E-state index in [1.807, 2.05) is 30.3 Å². The number of pyridine rings is 1. The van der Waals surface area contributed by atoms with E-state index in [1.165, 1.54) is 16.7 Å². The summed E-state index contributed by atoms with van der Waals surface area (Å²) >= 11 is 6.36. The standard InChI is InChI=1S/C16H12N2O3S2/c19-13(20)6-8-18-15(21)12(23-16(18)22)9-11-4-1-3-10-5-2-7-17-14(10)11/h1-5,7,9H,6,8H2,(H,19,20). The molecule has 0 aliphatic carbocycles. The molecule has 2 heterocycles. The molecule has 1 aliphatic heterocycles. The number of carbonyl (C=O) groups is 2. The van der Waals surface area contributed by atoms with E-state index in [2.05, 4.69) is 4.98 Å².